The summed E-state index contributed by atoms with van der Waals surface area (Å²) >= 11 is 0. The molecule has 6 nitrogen and oxygen atoms in total. The summed E-state index contributed by atoms with van der Waals surface area (Å²) in [6.07, 6.45) is 1.47. The third kappa shape index (κ3) is 4.60. The Morgan fingerprint density at radius 3 is 2.53 bits per heavy atom. The van der Waals surface area contributed by atoms with Gasteiger partial charge in [0.15, 0.2) is 6.61 Å². The molecule has 2 amide bonds. The van der Waals surface area contributed by atoms with Crippen LogP contribution in [0.25, 0.3) is 0 Å². The highest BCUT2D eigenvalue weighted by molar-refractivity contribution is 6.05. The number of amides is 2. The molecule has 0 fully saturated rings. The number of rotatable bonds is 5. The van der Waals surface area contributed by atoms with Gasteiger partial charge < -0.3 is 15.0 Å². The van der Waals surface area contributed by atoms with Crippen molar-refractivity contribution in [3.63, 3.8) is 0 Å². The average Bonchev–Trinajstić information content (AvgIpc) is 2.83. The molecule has 1 aliphatic rings. The number of hydrogen-bond acceptors (Lipinski definition) is 4. The largest absolute Gasteiger partial charge is 0.484 e. The van der Waals surface area contributed by atoms with Crippen molar-refractivity contribution in [2.24, 2.45) is 0 Å². The molecular formula is C25H20FN3O3. The van der Waals surface area contributed by atoms with Crippen molar-refractivity contribution in [3.05, 3.63) is 89.2 Å². The van der Waals surface area contributed by atoms with Crippen LogP contribution in [0.4, 0.5) is 15.8 Å². The Morgan fingerprint density at radius 1 is 1.06 bits per heavy atom. The van der Waals surface area contributed by atoms with Crippen molar-refractivity contribution in [2.45, 2.75) is 12.8 Å². The fraction of sp³-hybridized carbons (Fsp3) is 0.160. The number of nitrogens with zero attached hydrogens (tertiary/aromatic N) is 2. The monoisotopic (exact) mass is 429 g/mol. The molecule has 0 aromatic heterocycles. The Balaban J connectivity index is 1.48. The topological polar surface area (TPSA) is 82.4 Å². The number of nitrogens with one attached hydrogen (secondary N) is 1. The molecule has 160 valence electrons. The first kappa shape index (κ1) is 21.1. The van der Waals surface area contributed by atoms with Gasteiger partial charge in [-0.15, -0.1) is 0 Å². The van der Waals surface area contributed by atoms with E-state index in [0.717, 1.165) is 24.1 Å². The first-order chi connectivity index (χ1) is 15.5. The van der Waals surface area contributed by atoms with Crippen molar-refractivity contribution < 1.29 is 18.7 Å². The number of carbonyl (C=O) groups excluding carboxylic acids is 2. The van der Waals surface area contributed by atoms with E-state index in [1.54, 1.807) is 41.3 Å². The predicted octanol–water partition coefficient (Wildman–Crippen LogP) is 4.31. The normalized spacial score (nSPS) is 12.4. The van der Waals surface area contributed by atoms with E-state index in [9.17, 15) is 14.0 Å². The molecular weight excluding hydrogens is 409 g/mol. The second-order valence-corrected chi connectivity index (χ2v) is 7.34. The number of carbonyl (C=O) groups is 2. The van der Waals surface area contributed by atoms with Crippen LogP contribution in [0.2, 0.25) is 0 Å². The molecule has 32 heavy (non-hydrogen) atoms. The van der Waals surface area contributed by atoms with Gasteiger partial charge in [-0.1, -0.05) is 6.07 Å². The quantitative estimate of drug-likeness (QED) is 0.655. The van der Waals surface area contributed by atoms with E-state index in [2.05, 4.69) is 5.32 Å². The summed E-state index contributed by atoms with van der Waals surface area (Å²) in [5.74, 6) is -0.436. The number of benzene rings is 3. The first-order valence-electron chi connectivity index (χ1n) is 10.2. The maximum absolute atomic E-state index is 13.1. The maximum Gasteiger partial charge on any atom is 0.264 e. The SMILES string of the molecule is N#Cc1ccc(OCC(=O)N2CCCc3c(NC(=O)c4ccc(F)cc4)cccc32)cc1. The van der Waals surface area contributed by atoms with Crippen LogP contribution in [0.5, 0.6) is 5.75 Å². The molecule has 0 bridgehead atoms. The van der Waals surface area contributed by atoms with Gasteiger partial charge in [0.2, 0.25) is 0 Å². The zero-order chi connectivity index (χ0) is 22.5. The molecule has 1 heterocycles. The Morgan fingerprint density at radius 2 is 1.81 bits per heavy atom. The van der Waals surface area contributed by atoms with Gasteiger partial charge in [-0.05, 0) is 79.1 Å². The van der Waals surface area contributed by atoms with E-state index in [1.807, 2.05) is 12.1 Å². The van der Waals surface area contributed by atoms with Gasteiger partial charge in [0.1, 0.15) is 11.6 Å². The summed E-state index contributed by atoms with van der Waals surface area (Å²) in [5, 5.41) is 11.7. The molecule has 4 rings (SSSR count). The number of nitriles is 1. The van der Waals surface area contributed by atoms with Crippen molar-refractivity contribution in [1.82, 2.24) is 0 Å². The fourth-order valence-corrected chi connectivity index (χ4v) is 3.65. The lowest BCUT2D eigenvalue weighted by molar-refractivity contribution is -0.120. The van der Waals surface area contributed by atoms with Crippen molar-refractivity contribution in [3.8, 4) is 11.8 Å². The Hall–Kier alpha value is -4.18. The second kappa shape index (κ2) is 9.31. The zero-order valence-corrected chi connectivity index (χ0v) is 17.2. The lowest BCUT2D eigenvalue weighted by atomic mass is 9.99. The van der Waals surface area contributed by atoms with Crippen LogP contribution < -0.4 is 15.0 Å². The van der Waals surface area contributed by atoms with Gasteiger partial charge in [0.05, 0.1) is 11.6 Å². The lowest BCUT2D eigenvalue weighted by Crippen LogP contribution is -2.39. The lowest BCUT2D eigenvalue weighted by Gasteiger charge is -2.31. The van der Waals surface area contributed by atoms with Crippen LogP contribution in [0.3, 0.4) is 0 Å². The number of ether oxygens (including phenoxy) is 1. The molecule has 1 aliphatic heterocycles. The summed E-state index contributed by atoms with van der Waals surface area (Å²) in [6.45, 7) is 0.412. The van der Waals surface area contributed by atoms with Crippen LogP contribution in [-0.2, 0) is 11.2 Å². The summed E-state index contributed by atoms with van der Waals surface area (Å²) in [5.41, 5.74) is 3.11. The van der Waals surface area contributed by atoms with Crippen LogP contribution in [0, 0.1) is 17.1 Å². The minimum Gasteiger partial charge on any atom is -0.484 e. The van der Waals surface area contributed by atoms with Gasteiger partial charge in [0, 0.05) is 23.5 Å². The highest BCUT2D eigenvalue weighted by Gasteiger charge is 2.25. The van der Waals surface area contributed by atoms with E-state index in [-0.39, 0.29) is 18.4 Å². The highest BCUT2D eigenvalue weighted by Crippen LogP contribution is 2.33. The van der Waals surface area contributed by atoms with Gasteiger partial charge in [0.25, 0.3) is 11.8 Å². The summed E-state index contributed by atoms with van der Waals surface area (Å²) in [7, 11) is 0. The van der Waals surface area contributed by atoms with E-state index in [0.29, 0.717) is 29.1 Å². The predicted molar refractivity (Wildman–Crippen MR) is 118 cm³/mol. The van der Waals surface area contributed by atoms with Crippen LogP contribution in [-0.4, -0.2) is 25.0 Å². The number of halogens is 1. The van der Waals surface area contributed by atoms with Crippen molar-refractivity contribution in [1.29, 1.82) is 5.26 Å². The van der Waals surface area contributed by atoms with Gasteiger partial charge in [-0.2, -0.15) is 5.26 Å². The third-order valence-corrected chi connectivity index (χ3v) is 5.25. The Bertz CT molecular complexity index is 1180. The summed E-state index contributed by atoms with van der Waals surface area (Å²) < 4.78 is 18.7. The standard InChI is InChI=1S/C25H20FN3O3/c26-19-10-8-18(9-11-19)25(31)28-22-4-1-5-23-21(22)3-2-14-29(23)24(30)16-32-20-12-6-17(15-27)7-13-20/h1,4-13H,2-3,14,16H2,(H,28,31). The molecule has 0 saturated heterocycles. The van der Waals surface area contributed by atoms with Gasteiger partial charge >= 0.3 is 0 Å². The van der Waals surface area contributed by atoms with E-state index in [1.165, 1.54) is 24.3 Å². The van der Waals surface area contributed by atoms with E-state index >= 15 is 0 Å². The Labute approximate surface area is 184 Å². The van der Waals surface area contributed by atoms with Crippen molar-refractivity contribution in [2.75, 3.05) is 23.4 Å². The molecule has 0 aliphatic carbocycles. The molecule has 7 heteroatoms. The van der Waals surface area contributed by atoms with E-state index < -0.39 is 5.82 Å². The molecule has 3 aromatic rings. The maximum atomic E-state index is 13.1. The zero-order valence-electron chi connectivity index (χ0n) is 17.2. The van der Waals surface area contributed by atoms with Gasteiger partial charge in [-0.25, -0.2) is 4.39 Å². The molecule has 0 spiro atoms. The average molecular weight is 429 g/mol. The minimum atomic E-state index is -0.406. The fourth-order valence-electron chi connectivity index (χ4n) is 3.65. The summed E-state index contributed by atoms with van der Waals surface area (Å²) in [6, 6.07) is 19.4. The second-order valence-electron chi connectivity index (χ2n) is 7.34. The molecule has 0 unspecified atom stereocenters. The number of fused-ring (bicyclic) bond motifs is 1. The number of hydrogen-bond donors (Lipinski definition) is 1. The molecule has 3 aromatic carbocycles. The highest BCUT2D eigenvalue weighted by atomic mass is 19.1. The summed E-state index contributed by atoms with van der Waals surface area (Å²) in [4.78, 5) is 27.1. The van der Waals surface area contributed by atoms with Crippen molar-refractivity contribution >= 4 is 23.2 Å². The number of anilines is 2. The first-order valence-corrected chi connectivity index (χ1v) is 10.2. The van der Waals surface area contributed by atoms with Crippen LogP contribution in [0.15, 0.2) is 66.7 Å². The molecule has 1 N–H and O–H groups in total. The van der Waals surface area contributed by atoms with E-state index in [4.69, 9.17) is 10.00 Å². The molecule has 0 saturated carbocycles. The Kier molecular flexibility index (Phi) is 6.13. The van der Waals surface area contributed by atoms with Crippen LogP contribution >= 0.6 is 0 Å². The third-order valence-electron chi connectivity index (χ3n) is 5.25. The van der Waals surface area contributed by atoms with Gasteiger partial charge in [-0.3, -0.25) is 9.59 Å². The smallest absolute Gasteiger partial charge is 0.264 e. The van der Waals surface area contributed by atoms with Crippen LogP contribution in [0.1, 0.15) is 27.9 Å². The minimum absolute atomic E-state index is 0.141. The molecule has 0 atom stereocenters. The molecule has 0 radical (unpaired) electrons.